The van der Waals surface area contributed by atoms with Gasteiger partial charge in [-0.25, -0.2) is 0 Å². The summed E-state index contributed by atoms with van der Waals surface area (Å²) < 4.78 is 5.14. The number of rotatable bonds is 5. The lowest BCUT2D eigenvalue weighted by Gasteiger charge is -2.26. The van der Waals surface area contributed by atoms with E-state index in [4.69, 9.17) is 9.63 Å². The van der Waals surface area contributed by atoms with Crippen LogP contribution in [0.4, 0.5) is 0 Å². The quantitative estimate of drug-likeness (QED) is 0.847. The van der Waals surface area contributed by atoms with Crippen LogP contribution in [0.2, 0.25) is 0 Å². The highest BCUT2D eigenvalue weighted by molar-refractivity contribution is 5.70. The Morgan fingerprint density at radius 2 is 2.11 bits per heavy atom. The molecule has 1 aliphatic carbocycles. The van der Waals surface area contributed by atoms with Crippen molar-refractivity contribution in [2.45, 2.75) is 58.0 Å². The van der Waals surface area contributed by atoms with Crippen molar-refractivity contribution < 1.29 is 14.4 Å². The van der Waals surface area contributed by atoms with Gasteiger partial charge in [0.15, 0.2) is 5.82 Å². The van der Waals surface area contributed by atoms with Crippen LogP contribution in [0.3, 0.4) is 0 Å². The minimum Gasteiger partial charge on any atom is -0.481 e. The standard InChI is InChI=1S/C13H21N3O3/c1-8(2)12-15-11(16-19-12)7-14-10-5-3-9(4-6-10)13(17)18/h8-10,14H,3-7H2,1-2H3,(H,17,18). The first kappa shape index (κ1) is 14.0. The number of carbonyl (C=O) groups is 1. The highest BCUT2D eigenvalue weighted by Gasteiger charge is 2.25. The monoisotopic (exact) mass is 267 g/mol. The molecule has 2 rings (SSSR count). The molecule has 1 heterocycles. The molecule has 0 unspecified atom stereocenters. The van der Waals surface area contributed by atoms with E-state index in [1.54, 1.807) is 0 Å². The van der Waals surface area contributed by atoms with Crippen LogP contribution in [0.25, 0.3) is 0 Å². The largest absolute Gasteiger partial charge is 0.481 e. The van der Waals surface area contributed by atoms with E-state index in [1.165, 1.54) is 0 Å². The molecule has 1 saturated carbocycles. The number of hydrogen-bond donors (Lipinski definition) is 2. The Hall–Kier alpha value is -1.43. The van der Waals surface area contributed by atoms with Gasteiger partial charge >= 0.3 is 5.97 Å². The summed E-state index contributed by atoms with van der Waals surface area (Å²) in [6, 6.07) is 0.358. The van der Waals surface area contributed by atoms with Gasteiger partial charge in [-0.2, -0.15) is 4.98 Å². The molecule has 0 amide bonds. The number of carboxylic acids is 1. The maximum Gasteiger partial charge on any atom is 0.306 e. The lowest BCUT2D eigenvalue weighted by atomic mass is 9.86. The van der Waals surface area contributed by atoms with Crippen molar-refractivity contribution in [2.75, 3.05) is 0 Å². The molecule has 1 aliphatic rings. The summed E-state index contributed by atoms with van der Waals surface area (Å²) in [7, 11) is 0. The Morgan fingerprint density at radius 3 is 2.63 bits per heavy atom. The number of nitrogens with one attached hydrogen (secondary N) is 1. The number of carboxylic acid groups (broad SMARTS) is 1. The highest BCUT2D eigenvalue weighted by Crippen LogP contribution is 2.24. The third-order valence-electron chi connectivity index (χ3n) is 3.60. The molecule has 19 heavy (non-hydrogen) atoms. The van der Waals surface area contributed by atoms with Crippen molar-refractivity contribution in [3.63, 3.8) is 0 Å². The Bertz CT molecular complexity index is 423. The van der Waals surface area contributed by atoms with Crippen molar-refractivity contribution in [1.29, 1.82) is 0 Å². The van der Waals surface area contributed by atoms with Crippen molar-refractivity contribution >= 4 is 5.97 Å². The fourth-order valence-corrected chi connectivity index (χ4v) is 2.35. The van der Waals surface area contributed by atoms with Gasteiger partial charge in [-0.1, -0.05) is 19.0 Å². The molecule has 1 aromatic heterocycles. The maximum atomic E-state index is 10.9. The minimum absolute atomic E-state index is 0.171. The molecule has 1 fully saturated rings. The van der Waals surface area contributed by atoms with Gasteiger partial charge in [-0.3, -0.25) is 4.79 Å². The first-order valence-electron chi connectivity index (χ1n) is 6.85. The Labute approximate surface area is 112 Å². The third-order valence-corrected chi connectivity index (χ3v) is 3.60. The van der Waals surface area contributed by atoms with Gasteiger partial charge in [-0.05, 0) is 25.7 Å². The molecular formula is C13H21N3O3. The molecule has 0 saturated heterocycles. The van der Waals surface area contributed by atoms with Crippen LogP contribution in [0.15, 0.2) is 4.52 Å². The van der Waals surface area contributed by atoms with E-state index in [-0.39, 0.29) is 11.8 Å². The topological polar surface area (TPSA) is 88.2 Å². The summed E-state index contributed by atoms with van der Waals surface area (Å²) in [6.45, 7) is 4.61. The number of aliphatic carboxylic acids is 1. The second kappa shape index (κ2) is 6.14. The van der Waals surface area contributed by atoms with Gasteiger partial charge in [0.25, 0.3) is 0 Å². The van der Waals surface area contributed by atoms with Crippen molar-refractivity contribution in [2.24, 2.45) is 5.92 Å². The zero-order valence-electron chi connectivity index (χ0n) is 11.4. The van der Waals surface area contributed by atoms with E-state index in [1.807, 2.05) is 13.8 Å². The van der Waals surface area contributed by atoms with E-state index in [2.05, 4.69) is 15.5 Å². The molecule has 6 heteroatoms. The fraction of sp³-hybridized carbons (Fsp3) is 0.769. The first-order chi connectivity index (χ1) is 9.06. The lowest BCUT2D eigenvalue weighted by Crippen LogP contribution is -2.34. The van der Waals surface area contributed by atoms with E-state index in [9.17, 15) is 4.79 Å². The third kappa shape index (κ3) is 3.76. The van der Waals surface area contributed by atoms with Crippen molar-refractivity contribution in [3.05, 3.63) is 11.7 Å². The predicted molar refractivity (Wildman–Crippen MR) is 68.6 cm³/mol. The molecule has 0 radical (unpaired) electrons. The zero-order chi connectivity index (χ0) is 13.8. The maximum absolute atomic E-state index is 10.9. The Morgan fingerprint density at radius 1 is 1.42 bits per heavy atom. The average molecular weight is 267 g/mol. The molecule has 1 aromatic rings. The zero-order valence-corrected chi connectivity index (χ0v) is 11.4. The summed E-state index contributed by atoms with van der Waals surface area (Å²) in [5.41, 5.74) is 0. The van der Waals surface area contributed by atoms with Gasteiger partial charge in [0.1, 0.15) is 0 Å². The van der Waals surface area contributed by atoms with E-state index in [0.717, 1.165) is 25.7 Å². The normalized spacial score (nSPS) is 23.7. The number of hydrogen-bond acceptors (Lipinski definition) is 5. The molecule has 0 aromatic carbocycles. The number of nitrogens with zero attached hydrogens (tertiary/aromatic N) is 2. The predicted octanol–water partition coefficient (Wildman–Crippen LogP) is 1.93. The second-order valence-corrected chi connectivity index (χ2v) is 5.47. The van der Waals surface area contributed by atoms with Crippen LogP contribution >= 0.6 is 0 Å². The van der Waals surface area contributed by atoms with Crippen LogP contribution in [0.5, 0.6) is 0 Å². The van der Waals surface area contributed by atoms with Crippen LogP contribution in [0, 0.1) is 5.92 Å². The van der Waals surface area contributed by atoms with Gasteiger partial charge in [0, 0.05) is 12.0 Å². The summed E-state index contributed by atoms with van der Waals surface area (Å²) >= 11 is 0. The Balaban J connectivity index is 1.75. The van der Waals surface area contributed by atoms with Gasteiger partial charge in [-0.15, -0.1) is 0 Å². The van der Waals surface area contributed by atoms with Crippen LogP contribution in [-0.4, -0.2) is 27.3 Å². The highest BCUT2D eigenvalue weighted by atomic mass is 16.5. The van der Waals surface area contributed by atoms with E-state index in [0.29, 0.717) is 24.3 Å². The second-order valence-electron chi connectivity index (χ2n) is 5.47. The first-order valence-corrected chi connectivity index (χ1v) is 6.85. The van der Waals surface area contributed by atoms with Gasteiger partial charge < -0.3 is 14.9 Å². The average Bonchev–Trinajstić information content (AvgIpc) is 2.86. The molecule has 0 aliphatic heterocycles. The van der Waals surface area contributed by atoms with Crippen LogP contribution in [-0.2, 0) is 11.3 Å². The molecule has 2 N–H and O–H groups in total. The molecule has 6 nitrogen and oxygen atoms in total. The summed E-state index contributed by atoms with van der Waals surface area (Å²) in [5.74, 6) is 0.733. The minimum atomic E-state index is -0.668. The van der Waals surface area contributed by atoms with Crippen molar-refractivity contribution in [3.8, 4) is 0 Å². The fourth-order valence-electron chi connectivity index (χ4n) is 2.35. The smallest absolute Gasteiger partial charge is 0.306 e. The van der Waals surface area contributed by atoms with E-state index >= 15 is 0 Å². The summed E-state index contributed by atoms with van der Waals surface area (Å²) in [5, 5.41) is 16.2. The summed E-state index contributed by atoms with van der Waals surface area (Å²) in [6.07, 6.45) is 3.28. The number of aromatic nitrogens is 2. The molecule has 0 atom stereocenters. The molecule has 0 spiro atoms. The van der Waals surface area contributed by atoms with Gasteiger partial charge in [0.05, 0.1) is 12.5 Å². The van der Waals surface area contributed by atoms with Crippen molar-refractivity contribution in [1.82, 2.24) is 15.5 Å². The summed E-state index contributed by atoms with van der Waals surface area (Å²) in [4.78, 5) is 15.2. The van der Waals surface area contributed by atoms with Crippen LogP contribution in [0.1, 0.15) is 57.2 Å². The van der Waals surface area contributed by atoms with E-state index < -0.39 is 5.97 Å². The SMILES string of the molecule is CC(C)c1nc(CNC2CCC(C(=O)O)CC2)no1. The van der Waals surface area contributed by atoms with Gasteiger partial charge in [0.2, 0.25) is 5.89 Å². The molecule has 106 valence electrons. The van der Waals surface area contributed by atoms with Crippen LogP contribution < -0.4 is 5.32 Å². The lowest BCUT2D eigenvalue weighted by molar-refractivity contribution is -0.142. The molecule has 0 bridgehead atoms. The Kier molecular flexibility index (Phi) is 4.52. The molecular weight excluding hydrogens is 246 g/mol.